The lowest BCUT2D eigenvalue weighted by molar-refractivity contribution is 0.0622. The molecule has 9 heteroatoms. The fraction of sp³-hybridized carbons (Fsp3) is 0.680. The van der Waals surface area contributed by atoms with Crippen LogP contribution >= 0.6 is 0 Å². The van der Waals surface area contributed by atoms with E-state index in [1.54, 1.807) is 6.92 Å². The van der Waals surface area contributed by atoms with Crippen LogP contribution in [0.4, 0.5) is 11.8 Å². The summed E-state index contributed by atoms with van der Waals surface area (Å²) in [6, 6.07) is 8.41. The SMILES string of the molecule is CCS(=O)(=O)NC1CCC(CN2CCC3(CC2)CN(c2nc(NC)nc4ccccc24)C3)CC1. The third-order valence-electron chi connectivity index (χ3n) is 8.16. The minimum atomic E-state index is -3.09. The molecule has 2 saturated heterocycles. The van der Waals surface area contributed by atoms with Crippen LogP contribution in [0.1, 0.15) is 45.4 Å². The Kier molecular flexibility index (Phi) is 6.70. The molecule has 1 aromatic carbocycles. The summed E-state index contributed by atoms with van der Waals surface area (Å²) in [6.07, 6.45) is 6.69. The molecule has 3 aliphatic rings. The summed E-state index contributed by atoms with van der Waals surface area (Å²) in [5.41, 5.74) is 1.41. The van der Waals surface area contributed by atoms with Gasteiger partial charge < -0.3 is 15.1 Å². The molecule has 186 valence electrons. The summed E-state index contributed by atoms with van der Waals surface area (Å²) in [5, 5.41) is 4.24. The summed E-state index contributed by atoms with van der Waals surface area (Å²) in [7, 11) is -1.22. The quantitative estimate of drug-likeness (QED) is 0.622. The maximum absolute atomic E-state index is 11.8. The van der Waals surface area contributed by atoms with E-state index in [2.05, 4.69) is 43.0 Å². The summed E-state index contributed by atoms with van der Waals surface area (Å²) < 4.78 is 26.5. The van der Waals surface area contributed by atoms with Crippen molar-refractivity contribution in [1.82, 2.24) is 19.6 Å². The lowest BCUT2D eigenvalue weighted by atomic mass is 9.71. The van der Waals surface area contributed by atoms with Gasteiger partial charge in [0.15, 0.2) is 0 Å². The van der Waals surface area contributed by atoms with E-state index in [-0.39, 0.29) is 11.8 Å². The van der Waals surface area contributed by atoms with Crippen LogP contribution in [0.25, 0.3) is 10.9 Å². The zero-order chi connectivity index (χ0) is 23.8. The van der Waals surface area contributed by atoms with Crippen molar-refractivity contribution in [2.45, 2.75) is 51.5 Å². The number of hydrogen-bond acceptors (Lipinski definition) is 7. The van der Waals surface area contributed by atoms with Gasteiger partial charge in [-0.1, -0.05) is 12.1 Å². The molecule has 1 aromatic heterocycles. The molecule has 0 bridgehead atoms. The third kappa shape index (κ3) is 5.02. The molecule has 1 spiro atoms. The molecule has 2 N–H and O–H groups in total. The number of anilines is 2. The number of benzene rings is 1. The number of likely N-dealkylation sites (tertiary alicyclic amines) is 1. The zero-order valence-electron chi connectivity index (χ0n) is 20.5. The van der Waals surface area contributed by atoms with Crippen molar-refractivity contribution in [3.63, 3.8) is 0 Å². The molecular formula is C25H38N6O2S. The van der Waals surface area contributed by atoms with Gasteiger partial charge in [0.2, 0.25) is 16.0 Å². The Morgan fingerprint density at radius 2 is 1.76 bits per heavy atom. The third-order valence-corrected chi connectivity index (χ3v) is 9.62. The molecule has 1 saturated carbocycles. The molecule has 5 rings (SSSR count). The smallest absolute Gasteiger partial charge is 0.224 e. The molecular weight excluding hydrogens is 448 g/mol. The number of sulfonamides is 1. The van der Waals surface area contributed by atoms with E-state index in [0.717, 1.165) is 62.0 Å². The minimum absolute atomic E-state index is 0.132. The van der Waals surface area contributed by atoms with Crippen LogP contribution in [0.15, 0.2) is 24.3 Å². The highest BCUT2D eigenvalue weighted by Crippen LogP contribution is 2.44. The Morgan fingerprint density at radius 3 is 2.44 bits per heavy atom. The lowest BCUT2D eigenvalue weighted by Gasteiger charge is -2.55. The molecule has 8 nitrogen and oxygen atoms in total. The standard InChI is InChI=1S/C25H38N6O2S/c1-3-34(32,33)29-20-10-8-19(9-11-20)16-30-14-12-25(13-15-30)17-31(18-25)23-21-6-4-5-7-22(21)27-24(26-2)28-23/h4-7,19-20,29H,3,8-18H2,1-2H3,(H,26,27,28). The number of nitrogens with zero attached hydrogens (tertiary/aromatic N) is 4. The Hall–Kier alpha value is -1.97. The summed E-state index contributed by atoms with van der Waals surface area (Å²) >= 11 is 0. The first kappa shape index (κ1) is 23.8. The Balaban J connectivity index is 1.11. The first-order valence-corrected chi connectivity index (χ1v) is 14.5. The predicted octanol–water partition coefficient (Wildman–Crippen LogP) is 3.07. The van der Waals surface area contributed by atoms with Crippen molar-refractivity contribution in [1.29, 1.82) is 0 Å². The van der Waals surface area contributed by atoms with Gasteiger partial charge in [-0.05, 0) is 76.6 Å². The predicted molar refractivity (Wildman–Crippen MR) is 138 cm³/mol. The van der Waals surface area contributed by atoms with Crippen molar-refractivity contribution in [3.8, 4) is 0 Å². The van der Waals surface area contributed by atoms with Gasteiger partial charge in [0.25, 0.3) is 0 Å². The van der Waals surface area contributed by atoms with E-state index in [0.29, 0.717) is 17.3 Å². The van der Waals surface area contributed by atoms with Crippen LogP contribution in [0.2, 0.25) is 0 Å². The normalized spacial score (nSPS) is 25.4. The van der Waals surface area contributed by atoms with Crippen molar-refractivity contribution < 1.29 is 8.42 Å². The van der Waals surface area contributed by atoms with Gasteiger partial charge in [-0.2, -0.15) is 4.98 Å². The van der Waals surface area contributed by atoms with Gasteiger partial charge in [-0.3, -0.25) is 0 Å². The molecule has 2 aliphatic heterocycles. The fourth-order valence-corrected chi connectivity index (χ4v) is 6.93. The molecule has 0 unspecified atom stereocenters. The second kappa shape index (κ2) is 9.59. The highest BCUT2D eigenvalue weighted by atomic mass is 32.2. The van der Waals surface area contributed by atoms with Crippen LogP contribution in [-0.2, 0) is 10.0 Å². The molecule has 34 heavy (non-hydrogen) atoms. The second-order valence-corrected chi connectivity index (χ2v) is 12.6. The van der Waals surface area contributed by atoms with Crippen LogP contribution in [0.3, 0.4) is 0 Å². The fourth-order valence-electron chi connectivity index (χ4n) is 6.02. The van der Waals surface area contributed by atoms with E-state index in [1.807, 2.05) is 13.1 Å². The van der Waals surface area contributed by atoms with Crippen molar-refractivity contribution >= 4 is 32.7 Å². The molecule has 0 atom stereocenters. The summed E-state index contributed by atoms with van der Waals surface area (Å²) in [6.45, 7) is 7.36. The Labute approximate surface area is 203 Å². The van der Waals surface area contributed by atoms with Gasteiger partial charge in [0, 0.05) is 43.5 Å². The number of fused-ring (bicyclic) bond motifs is 1. The number of rotatable bonds is 7. The zero-order valence-corrected chi connectivity index (χ0v) is 21.3. The first-order valence-electron chi connectivity index (χ1n) is 12.8. The van der Waals surface area contributed by atoms with E-state index in [9.17, 15) is 8.42 Å². The summed E-state index contributed by atoms with van der Waals surface area (Å²) in [5.74, 6) is 2.60. The van der Waals surface area contributed by atoms with E-state index >= 15 is 0 Å². The molecule has 3 fully saturated rings. The first-order chi connectivity index (χ1) is 16.4. The van der Waals surface area contributed by atoms with Crippen LogP contribution < -0.4 is 14.9 Å². The van der Waals surface area contributed by atoms with Gasteiger partial charge >= 0.3 is 0 Å². The van der Waals surface area contributed by atoms with E-state index in [1.165, 1.54) is 25.9 Å². The van der Waals surface area contributed by atoms with Crippen LogP contribution in [-0.4, -0.2) is 74.9 Å². The van der Waals surface area contributed by atoms with Crippen molar-refractivity contribution in [2.75, 3.05) is 55.7 Å². The van der Waals surface area contributed by atoms with E-state index in [4.69, 9.17) is 4.98 Å². The molecule has 0 radical (unpaired) electrons. The minimum Gasteiger partial charge on any atom is -0.357 e. The highest BCUT2D eigenvalue weighted by Gasteiger charge is 2.46. The number of para-hydroxylation sites is 1. The average molecular weight is 487 g/mol. The molecule has 1 aliphatic carbocycles. The van der Waals surface area contributed by atoms with E-state index < -0.39 is 10.0 Å². The van der Waals surface area contributed by atoms with Crippen LogP contribution in [0, 0.1) is 11.3 Å². The molecule has 3 heterocycles. The maximum atomic E-state index is 11.8. The molecule has 2 aromatic rings. The monoisotopic (exact) mass is 486 g/mol. The van der Waals surface area contributed by atoms with Gasteiger partial charge in [0.1, 0.15) is 5.82 Å². The van der Waals surface area contributed by atoms with Crippen molar-refractivity contribution in [2.24, 2.45) is 11.3 Å². The Morgan fingerprint density at radius 1 is 1.06 bits per heavy atom. The van der Waals surface area contributed by atoms with Crippen molar-refractivity contribution in [3.05, 3.63) is 24.3 Å². The molecule has 0 amide bonds. The number of hydrogen-bond donors (Lipinski definition) is 2. The largest absolute Gasteiger partial charge is 0.357 e. The van der Waals surface area contributed by atoms with Crippen LogP contribution in [0.5, 0.6) is 0 Å². The number of piperidine rings is 1. The lowest BCUT2D eigenvalue weighted by Crippen LogP contribution is -2.61. The summed E-state index contributed by atoms with van der Waals surface area (Å²) in [4.78, 5) is 14.5. The topological polar surface area (TPSA) is 90.5 Å². The van der Waals surface area contributed by atoms with Gasteiger partial charge in [-0.15, -0.1) is 0 Å². The average Bonchev–Trinajstić information content (AvgIpc) is 2.83. The maximum Gasteiger partial charge on any atom is 0.224 e. The van der Waals surface area contributed by atoms with Gasteiger partial charge in [0.05, 0.1) is 11.3 Å². The highest BCUT2D eigenvalue weighted by molar-refractivity contribution is 7.89. The number of nitrogens with one attached hydrogen (secondary N) is 2. The second-order valence-electron chi connectivity index (χ2n) is 10.5. The Bertz CT molecular complexity index is 1100. The number of aromatic nitrogens is 2. The van der Waals surface area contributed by atoms with Gasteiger partial charge in [-0.25, -0.2) is 18.1 Å².